The molecule has 2 heteroatoms. The molecule has 0 aliphatic heterocycles. The molecule has 4 aromatic rings. The normalized spacial score (nSPS) is 11.4. The van der Waals surface area contributed by atoms with Crippen molar-refractivity contribution in [1.29, 1.82) is 0 Å². The Hall–Kier alpha value is -3.65. The maximum atomic E-state index is 13.9. The first-order valence-electron chi connectivity index (χ1n) is 14.6. The van der Waals surface area contributed by atoms with Crippen LogP contribution in [0.4, 0.5) is 0 Å². The van der Waals surface area contributed by atoms with Gasteiger partial charge in [0.15, 0.2) is 5.78 Å². The van der Waals surface area contributed by atoms with Crippen LogP contribution < -0.4 is 0 Å². The lowest BCUT2D eigenvalue weighted by Gasteiger charge is -2.14. The van der Waals surface area contributed by atoms with Crippen molar-refractivity contribution in [2.24, 2.45) is 0 Å². The fourth-order valence-electron chi connectivity index (χ4n) is 5.59. The maximum absolute atomic E-state index is 13.9. The Kier molecular flexibility index (Phi) is 10.1. The molecule has 0 saturated carbocycles. The van der Waals surface area contributed by atoms with E-state index in [1.54, 1.807) is 0 Å². The molecular weight excluding hydrogens is 474 g/mol. The van der Waals surface area contributed by atoms with Crippen molar-refractivity contribution >= 4 is 17.9 Å². The fourth-order valence-corrected chi connectivity index (χ4v) is 5.59. The van der Waals surface area contributed by atoms with Crippen LogP contribution in [0.1, 0.15) is 100 Å². The van der Waals surface area contributed by atoms with Gasteiger partial charge in [-0.05, 0) is 61.1 Å². The third-order valence-electron chi connectivity index (χ3n) is 7.69. The molecule has 39 heavy (non-hydrogen) atoms. The summed E-state index contributed by atoms with van der Waals surface area (Å²) in [5, 5.41) is 0. The molecule has 1 heterocycles. The van der Waals surface area contributed by atoms with Crippen molar-refractivity contribution in [3.63, 3.8) is 0 Å². The number of hydrogen-bond acceptors (Lipinski definition) is 1. The zero-order chi connectivity index (χ0) is 27.6. The summed E-state index contributed by atoms with van der Waals surface area (Å²) in [6, 6.07) is 24.7. The molecular formula is C37H43NO. The number of carbonyl (C=O) groups excluding carboxylic acids is 1. The summed E-state index contributed by atoms with van der Waals surface area (Å²) in [6.07, 6.45) is 14.8. The van der Waals surface area contributed by atoms with Crippen LogP contribution in [0.2, 0.25) is 0 Å². The number of carbonyl (C=O) groups is 1. The van der Waals surface area contributed by atoms with E-state index >= 15 is 0 Å². The summed E-state index contributed by atoms with van der Waals surface area (Å²) in [5.41, 5.74) is 10.1. The first-order valence-corrected chi connectivity index (χ1v) is 14.6. The van der Waals surface area contributed by atoms with Crippen LogP contribution in [0.3, 0.4) is 0 Å². The van der Waals surface area contributed by atoms with Crippen LogP contribution in [-0.4, -0.2) is 10.4 Å². The second kappa shape index (κ2) is 13.9. The van der Waals surface area contributed by atoms with Crippen molar-refractivity contribution < 1.29 is 4.79 Å². The summed E-state index contributed by atoms with van der Waals surface area (Å²) in [5.74, 6) is 0.101. The lowest BCUT2D eigenvalue weighted by atomic mass is 9.91. The Morgan fingerprint density at radius 3 is 2.03 bits per heavy atom. The van der Waals surface area contributed by atoms with Crippen LogP contribution in [0.5, 0.6) is 0 Å². The summed E-state index contributed by atoms with van der Waals surface area (Å²) in [6.45, 7) is 9.72. The van der Waals surface area contributed by atoms with E-state index in [-0.39, 0.29) is 5.78 Å². The number of nitrogens with zero attached hydrogens (tertiary/aromatic N) is 1. The lowest BCUT2D eigenvalue weighted by molar-refractivity contribution is 0.103. The predicted molar refractivity (Wildman–Crippen MR) is 167 cm³/mol. The summed E-state index contributed by atoms with van der Waals surface area (Å²) < 4.78 is 2.34. The minimum Gasteiger partial charge on any atom is -0.347 e. The molecule has 0 radical (unpaired) electrons. The maximum Gasteiger partial charge on any atom is 0.194 e. The fraction of sp³-hybridized carbons (Fsp3) is 0.324. The zero-order valence-electron chi connectivity index (χ0n) is 24.2. The van der Waals surface area contributed by atoms with Gasteiger partial charge in [-0.2, -0.15) is 0 Å². The van der Waals surface area contributed by atoms with Gasteiger partial charge in [-0.3, -0.25) is 4.79 Å². The van der Waals surface area contributed by atoms with Gasteiger partial charge in [-0.1, -0.05) is 123 Å². The molecule has 0 fully saturated rings. The van der Waals surface area contributed by atoms with Crippen LogP contribution in [0, 0.1) is 20.8 Å². The average Bonchev–Trinajstić information content (AvgIpc) is 3.28. The van der Waals surface area contributed by atoms with Crippen LogP contribution in [0.25, 0.3) is 12.2 Å². The molecule has 4 rings (SSSR count). The van der Waals surface area contributed by atoms with Crippen LogP contribution in [-0.2, 0) is 13.0 Å². The number of ketones is 1. The molecule has 0 N–H and O–H groups in total. The van der Waals surface area contributed by atoms with Gasteiger partial charge in [-0.15, -0.1) is 0 Å². The largest absolute Gasteiger partial charge is 0.347 e. The van der Waals surface area contributed by atoms with Crippen molar-refractivity contribution in [3.05, 3.63) is 129 Å². The van der Waals surface area contributed by atoms with Gasteiger partial charge >= 0.3 is 0 Å². The van der Waals surface area contributed by atoms with Crippen molar-refractivity contribution in [2.75, 3.05) is 0 Å². The number of hydrogen-bond donors (Lipinski definition) is 0. The number of benzene rings is 3. The average molecular weight is 518 g/mol. The predicted octanol–water partition coefficient (Wildman–Crippen LogP) is 9.77. The monoisotopic (exact) mass is 517 g/mol. The molecule has 3 aromatic carbocycles. The number of aryl methyl sites for hydroxylation is 4. The molecule has 0 aliphatic rings. The first-order chi connectivity index (χ1) is 19.0. The van der Waals surface area contributed by atoms with Crippen LogP contribution in [0.15, 0.2) is 79.0 Å². The second-order valence-electron chi connectivity index (χ2n) is 10.9. The molecule has 0 atom stereocenters. The first kappa shape index (κ1) is 28.4. The zero-order valence-corrected chi connectivity index (χ0v) is 24.2. The molecule has 0 spiro atoms. The highest BCUT2D eigenvalue weighted by molar-refractivity contribution is 6.10. The van der Waals surface area contributed by atoms with Gasteiger partial charge < -0.3 is 4.57 Å². The standard InChI is InChI=1S/C37H43NO/c1-5-6-7-8-9-16-23-38-27-35(37(39)32-19-14-11-15-20-32)34(26-33-29(3)24-28(2)25-30(33)4)36(38)22-21-31-17-12-10-13-18-31/h10-15,17-22,24-25,27H,5-9,16,23,26H2,1-4H3/b22-21+. The Balaban J connectivity index is 1.79. The van der Waals surface area contributed by atoms with E-state index < -0.39 is 0 Å². The van der Waals surface area contributed by atoms with Gasteiger partial charge in [0.25, 0.3) is 0 Å². The van der Waals surface area contributed by atoms with E-state index in [1.165, 1.54) is 54.4 Å². The van der Waals surface area contributed by atoms with E-state index in [2.05, 4.69) is 87.0 Å². The minimum atomic E-state index is 0.101. The SMILES string of the molecule is CCCCCCCCn1cc(C(=O)c2ccccc2)c(Cc2c(C)cc(C)cc2C)c1/C=C/c1ccccc1. The summed E-state index contributed by atoms with van der Waals surface area (Å²) in [7, 11) is 0. The van der Waals surface area contributed by atoms with Gasteiger partial charge in [0, 0.05) is 36.0 Å². The molecule has 0 unspecified atom stereocenters. The van der Waals surface area contributed by atoms with E-state index in [4.69, 9.17) is 0 Å². The van der Waals surface area contributed by atoms with E-state index in [9.17, 15) is 4.79 Å². The van der Waals surface area contributed by atoms with Gasteiger partial charge in [-0.25, -0.2) is 0 Å². The second-order valence-corrected chi connectivity index (χ2v) is 10.9. The summed E-state index contributed by atoms with van der Waals surface area (Å²) >= 11 is 0. The molecule has 0 bridgehead atoms. The van der Waals surface area contributed by atoms with E-state index in [1.807, 2.05) is 36.4 Å². The lowest BCUT2D eigenvalue weighted by Crippen LogP contribution is -2.06. The van der Waals surface area contributed by atoms with Crippen LogP contribution >= 0.6 is 0 Å². The molecule has 0 amide bonds. The van der Waals surface area contributed by atoms with Gasteiger partial charge in [0.2, 0.25) is 0 Å². The van der Waals surface area contributed by atoms with E-state index in [0.29, 0.717) is 0 Å². The Morgan fingerprint density at radius 2 is 1.36 bits per heavy atom. The Bertz CT molecular complexity index is 1370. The molecule has 202 valence electrons. The molecule has 1 aromatic heterocycles. The highest BCUT2D eigenvalue weighted by atomic mass is 16.1. The number of unbranched alkanes of at least 4 members (excludes halogenated alkanes) is 5. The van der Waals surface area contributed by atoms with Crippen molar-refractivity contribution in [2.45, 2.75) is 79.2 Å². The quantitative estimate of drug-likeness (QED) is 0.128. The van der Waals surface area contributed by atoms with E-state index in [0.717, 1.165) is 47.3 Å². The van der Waals surface area contributed by atoms with Gasteiger partial charge in [0.1, 0.15) is 0 Å². The Morgan fingerprint density at radius 1 is 0.744 bits per heavy atom. The molecule has 0 saturated heterocycles. The van der Waals surface area contributed by atoms with Crippen molar-refractivity contribution in [1.82, 2.24) is 4.57 Å². The van der Waals surface area contributed by atoms with Crippen molar-refractivity contribution in [3.8, 4) is 0 Å². The highest BCUT2D eigenvalue weighted by Crippen LogP contribution is 2.29. The number of rotatable bonds is 13. The minimum absolute atomic E-state index is 0.101. The molecule has 2 nitrogen and oxygen atoms in total. The topological polar surface area (TPSA) is 22.0 Å². The Labute approximate surface area is 235 Å². The smallest absolute Gasteiger partial charge is 0.194 e. The number of aromatic nitrogens is 1. The third kappa shape index (κ3) is 7.47. The third-order valence-corrected chi connectivity index (χ3v) is 7.69. The van der Waals surface area contributed by atoms with Gasteiger partial charge in [0.05, 0.1) is 0 Å². The summed E-state index contributed by atoms with van der Waals surface area (Å²) in [4.78, 5) is 13.9. The highest BCUT2D eigenvalue weighted by Gasteiger charge is 2.22. The molecule has 0 aliphatic carbocycles.